The summed E-state index contributed by atoms with van der Waals surface area (Å²) in [5.74, 6) is 0.914. The molecular weight excluding hydrogens is 356 g/mol. The van der Waals surface area contributed by atoms with Crippen molar-refractivity contribution in [3.8, 4) is 11.5 Å². The summed E-state index contributed by atoms with van der Waals surface area (Å²) < 4.78 is 13.6. The molecule has 154 valence electrons. The molecule has 1 heterocycles. The molecule has 6 heteroatoms. The van der Waals surface area contributed by atoms with Crippen molar-refractivity contribution in [2.75, 3.05) is 13.2 Å². The van der Waals surface area contributed by atoms with Gasteiger partial charge in [-0.1, -0.05) is 0 Å². The summed E-state index contributed by atoms with van der Waals surface area (Å²) in [4.78, 5) is 15.1. The van der Waals surface area contributed by atoms with Gasteiger partial charge in [-0.2, -0.15) is 0 Å². The first-order valence-corrected chi connectivity index (χ1v) is 10.0. The topological polar surface area (TPSA) is 73.6 Å². The molecule has 0 saturated carbocycles. The first-order valence-electron chi connectivity index (χ1n) is 10.0. The molecule has 6 nitrogen and oxygen atoms in total. The minimum absolute atomic E-state index is 0.590. The number of unbranched alkanes of at least 4 members (excludes halogenated alkanes) is 3. The van der Waals surface area contributed by atoms with Crippen LogP contribution in [0.5, 0.6) is 11.5 Å². The number of benzene rings is 1. The zero-order valence-corrected chi connectivity index (χ0v) is 17.0. The largest absolute Gasteiger partial charge is 0.494 e. The van der Waals surface area contributed by atoms with Crippen LogP contribution >= 0.6 is 0 Å². The van der Waals surface area contributed by atoms with Crippen molar-refractivity contribution in [1.82, 2.24) is 9.55 Å². The van der Waals surface area contributed by atoms with E-state index in [1.54, 1.807) is 20.0 Å². The molecule has 1 N–H and O–H groups in total. The van der Waals surface area contributed by atoms with Gasteiger partial charge >= 0.3 is 5.97 Å². The summed E-state index contributed by atoms with van der Waals surface area (Å²) in [5, 5.41) is 9.10. The summed E-state index contributed by atoms with van der Waals surface area (Å²) in [6, 6.07) is 7.67. The quantitative estimate of drug-likeness (QED) is 0.471. The fourth-order valence-corrected chi connectivity index (χ4v) is 2.78. The van der Waals surface area contributed by atoms with E-state index in [1.165, 1.54) is 0 Å². The van der Waals surface area contributed by atoms with Gasteiger partial charge in [-0.25, -0.2) is 4.98 Å². The molecule has 1 aromatic carbocycles. The molecule has 0 aliphatic rings. The third kappa shape index (κ3) is 8.03. The number of rotatable bonds is 14. The van der Waals surface area contributed by atoms with E-state index < -0.39 is 11.4 Å². The SMILES string of the molecule is CC(C)(CCCCOc1ccc(OCCCCCn2ccnc2)cc1)C(=O)O. The fourth-order valence-electron chi connectivity index (χ4n) is 2.78. The molecule has 0 radical (unpaired) electrons. The number of nitrogens with zero attached hydrogens (tertiary/aromatic N) is 2. The maximum Gasteiger partial charge on any atom is 0.309 e. The second-order valence-electron chi connectivity index (χ2n) is 7.68. The van der Waals surface area contributed by atoms with Gasteiger partial charge in [0.25, 0.3) is 0 Å². The maximum absolute atomic E-state index is 11.1. The molecule has 2 rings (SSSR count). The van der Waals surface area contributed by atoms with Gasteiger partial charge in [0.15, 0.2) is 0 Å². The Balaban J connectivity index is 1.53. The van der Waals surface area contributed by atoms with Crippen LogP contribution in [-0.2, 0) is 11.3 Å². The minimum atomic E-state index is -0.748. The Bertz CT molecular complexity index is 681. The van der Waals surface area contributed by atoms with Crippen LogP contribution < -0.4 is 9.47 Å². The summed E-state index contributed by atoms with van der Waals surface area (Å²) in [5.41, 5.74) is -0.668. The van der Waals surface area contributed by atoms with Gasteiger partial charge in [0.1, 0.15) is 11.5 Å². The Morgan fingerprint density at radius 1 is 1.00 bits per heavy atom. The number of hydrogen-bond donors (Lipinski definition) is 1. The molecule has 0 bridgehead atoms. The van der Waals surface area contributed by atoms with Crippen LogP contribution in [0.25, 0.3) is 0 Å². The molecule has 0 unspecified atom stereocenters. The highest BCUT2D eigenvalue weighted by atomic mass is 16.5. The molecule has 2 aromatic rings. The van der Waals surface area contributed by atoms with Crippen molar-refractivity contribution in [3.05, 3.63) is 43.0 Å². The number of ether oxygens (including phenoxy) is 2. The molecule has 0 fully saturated rings. The number of carbonyl (C=O) groups is 1. The van der Waals surface area contributed by atoms with Crippen LogP contribution in [0.2, 0.25) is 0 Å². The van der Waals surface area contributed by atoms with E-state index in [4.69, 9.17) is 14.6 Å². The standard InChI is InChI=1S/C22H32N2O4/c1-22(2,21(25)26)12-4-7-17-28-20-10-8-19(9-11-20)27-16-6-3-5-14-24-15-13-23-18-24/h8-11,13,15,18H,3-7,12,14,16-17H2,1-2H3,(H,25,26). The van der Waals surface area contributed by atoms with Gasteiger partial charge in [-0.05, 0) is 76.6 Å². The maximum atomic E-state index is 11.1. The normalized spacial score (nSPS) is 11.4. The van der Waals surface area contributed by atoms with Crippen molar-refractivity contribution >= 4 is 5.97 Å². The Hall–Kier alpha value is -2.50. The molecule has 0 atom stereocenters. The van der Waals surface area contributed by atoms with E-state index in [-0.39, 0.29) is 0 Å². The van der Waals surface area contributed by atoms with E-state index in [0.29, 0.717) is 19.6 Å². The van der Waals surface area contributed by atoms with E-state index in [2.05, 4.69) is 9.55 Å². The van der Waals surface area contributed by atoms with Crippen molar-refractivity contribution in [2.24, 2.45) is 5.41 Å². The molecule has 0 aliphatic carbocycles. The van der Waals surface area contributed by atoms with Crippen molar-refractivity contribution in [3.63, 3.8) is 0 Å². The van der Waals surface area contributed by atoms with E-state index >= 15 is 0 Å². The molecule has 0 spiro atoms. The molecular formula is C22H32N2O4. The predicted molar refractivity (Wildman–Crippen MR) is 109 cm³/mol. The zero-order chi connectivity index (χ0) is 20.2. The average Bonchev–Trinajstić information content (AvgIpc) is 3.18. The first-order chi connectivity index (χ1) is 13.5. The predicted octanol–water partition coefficient (Wildman–Crippen LogP) is 4.79. The van der Waals surface area contributed by atoms with Crippen molar-refractivity contribution < 1.29 is 19.4 Å². The number of aryl methyl sites for hydroxylation is 1. The number of imidazole rings is 1. The Morgan fingerprint density at radius 2 is 1.61 bits per heavy atom. The molecule has 1 aromatic heterocycles. The highest BCUT2D eigenvalue weighted by molar-refractivity contribution is 5.73. The first kappa shape index (κ1) is 21.8. The minimum Gasteiger partial charge on any atom is -0.494 e. The van der Waals surface area contributed by atoms with Gasteiger partial charge in [0.05, 0.1) is 25.0 Å². The smallest absolute Gasteiger partial charge is 0.309 e. The number of carboxylic acids is 1. The number of hydrogen-bond acceptors (Lipinski definition) is 4. The number of aliphatic carboxylic acids is 1. The summed E-state index contributed by atoms with van der Waals surface area (Å²) >= 11 is 0. The van der Waals surface area contributed by atoms with Gasteiger partial charge < -0.3 is 19.1 Å². The van der Waals surface area contributed by atoms with E-state index in [0.717, 1.165) is 50.1 Å². The second-order valence-corrected chi connectivity index (χ2v) is 7.68. The molecule has 0 amide bonds. The van der Waals surface area contributed by atoms with Crippen LogP contribution in [-0.4, -0.2) is 33.8 Å². The van der Waals surface area contributed by atoms with Crippen molar-refractivity contribution in [1.29, 1.82) is 0 Å². The van der Waals surface area contributed by atoms with Gasteiger partial charge in [0.2, 0.25) is 0 Å². The highest BCUT2D eigenvalue weighted by Gasteiger charge is 2.25. The lowest BCUT2D eigenvalue weighted by atomic mass is 9.87. The molecule has 28 heavy (non-hydrogen) atoms. The van der Waals surface area contributed by atoms with Crippen LogP contribution in [0.4, 0.5) is 0 Å². The number of carboxylic acid groups (broad SMARTS) is 1. The highest BCUT2D eigenvalue weighted by Crippen LogP contribution is 2.23. The summed E-state index contributed by atoms with van der Waals surface area (Å²) in [6.07, 6.45) is 11.2. The van der Waals surface area contributed by atoms with Gasteiger partial charge in [-0.15, -0.1) is 0 Å². The fraction of sp³-hybridized carbons (Fsp3) is 0.545. The molecule has 0 saturated heterocycles. The zero-order valence-electron chi connectivity index (χ0n) is 17.0. The third-order valence-electron chi connectivity index (χ3n) is 4.76. The summed E-state index contributed by atoms with van der Waals surface area (Å²) in [6.45, 7) is 5.82. The van der Waals surface area contributed by atoms with Gasteiger partial charge in [0, 0.05) is 18.9 Å². The monoisotopic (exact) mass is 388 g/mol. The van der Waals surface area contributed by atoms with Crippen molar-refractivity contribution in [2.45, 2.75) is 58.9 Å². The average molecular weight is 389 g/mol. The lowest BCUT2D eigenvalue weighted by molar-refractivity contribution is -0.147. The van der Waals surface area contributed by atoms with E-state index in [9.17, 15) is 4.79 Å². The lowest BCUT2D eigenvalue weighted by Crippen LogP contribution is -2.23. The lowest BCUT2D eigenvalue weighted by Gasteiger charge is -2.18. The van der Waals surface area contributed by atoms with Crippen LogP contribution in [0.1, 0.15) is 52.4 Å². The Morgan fingerprint density at radius 3 is 2.14 bits per heavy atom. The number of aromatic nitrogens is 2. The Kier molecular flexibility index (Phi) is 8.85. The third-order valence-corrected chi connectivity index (χ3v) is 4.76. The summed E-state index contributed by atoms with van der Waals surface area (Å²) in [7, 11) is 0. The molecule has 0 aliphatic heterocycles. The van der Waals surface area contributed by atoms with Crippen LogP contribution in [0, 0.1) is 5.41 Å². The van der Waals surface area contributed by atoms with Crippen LogP contribution in [0.3, 0.4) is 0 Å². The second kappa shape index (κ2) is 11.4. The Labute approximate surface area is 167 Å². The van der Waals surface area contributed by atoms with Gasteiger partial charge in [-0.3, -0.25) is 4.79 Å². The van der Waals surface area contributed by atoms with Crippen LogP contribution in [0.15, 0.2) is 43.0 Å². The van der Waals surface area contributed by atoms with E-state index in [1.807, 2.05) is 36.8 Å².